The molecule has 0 radical (unpaired) electrons. The maximum absolute atomic E-state index is 12.8. The first-order valence-electron chi connectivity index (χ1n) is 7.29. The molecule has 0 atom stereocenters. The fourth-order valence-electron chi connectivity index (χ4n) is 2.11. The molecule has 4 nitrogen and oxygen atoms in total. The van der Waals surface area contributed by atoms with Crippen LogP contribution >= 0.6 is 27.5 Å². The summed E-state index contributed by atoms with van der Waals surface area (Å²) in [6, 6.07) is 9.21. The van der Waals surface area contributed by atoms with E-state index in [9.17, 15) is 23.2 Å². The van der Waals surface area contributed by atoms with Gasteiger partial charge in [0.15, 0.2) is 0 Å². The summed E-state index contributed by atoms with van der Waals surface area (Å²) in [6.07, 6.45) is -3.33. The monoisotopic (exact) mass is 458 g/mol. The van der Waals surface area contributed by atoms with Crippen LogP contribution in [0, 0.1) is 11.3 Å². The molecule has 0 spiro atoms. The zero-order valence-electron chi connectivity index (χ0n) is 13.7. The van der Waals surface area contributed by atoms with Gasteiger partial charge in [0.05, 0.1) is 23.4 Å². The normalized spacial score (nSPS) is 11.7. The van der Waals surface area contributed by atoms with Crippen LogP contribution in [0.2, 0.25) is 5.02 Å². The first-order chi connectivity index (χ1) is 12.7. The van der Waals surface area contributed by atoms with E-state index in [4.69, 9.17) is 16.3 Å². The number of methoxy groups -OCH3 is 1. The highest BCUT2D eigenvalue weighted by Crippen LogP contribution is 2.34. The fourth-order valence-corrected chi connectivity index (χ4v) is 2.65. The number of benzene rings is 2. The molecule has 0 fully saturated rings. The van der Waals surface area contributed by atoms with Gasteiger partial charge >= 0.3 is 6.18 Å². The number of hydrogen-bond donors (Lipinski definition) is 1. The van der Waals surface area contributed by atoms with Gasteiger partial charge in [0, 0.05) is 10.0 Å². The summed E-state index contributed by atoms with van der Waals surface area (Å²) in [6.45, 7) is 0. The van der Waals surface area contributed by atoms with Gasteiger partial charge in [-0.2, -0.15) is 18.4 Å². The van der Waals surface area contributed by atoms with Crippen molar-refractivity contribution in [2.45, 2.75) is 6.18 Å². The molecule has 1 N–H and O–H groups in total. The second-order valence-electron chi connectivity index (χ2n) is 5.20. The van der Waals surface area contributed by atoms with Crippen molar-refractivity contribution in [1.82, 2.24) is 0 Å². The summed E-state index contributed by atoms with van der Waals surface area (Å²) in [5.41, 5.74) is -1.12. The second-order valence-corrected chi connectivity index (χ2v) is 6.53. The standard InChI is InChI=1S/C18H11BrClF3N2O2/c1-27-16-5-3-13(19)7-10(16)6-11(9-24)17(26)25-15-8-12(18(21,22)23)2-4-14(15)20/h2-8H,1H3,(H,25,26). The van der Waals surface area contributed by atoms with Gasteiger partial charge in [-0.15, -0.1) is 0 Å². The van der Waals surface area contributed by atoms with Crippen LogP contribution in [0.4, 0.5) is 18.9 Å². The highest BCUT2D eigenvalue weighted by Gasteiger charge is 2.31. The van der Waals surface area contributed by atoms with E-state index in [1.807, 2.05) is 0 Å². The molecular weight excluding hydrogens is 449 g/mol. The van der Waals surface area contributed by atoms with Crippen molar-refractivity contribution >= 4 is 45.2 Å². The lowest BCUT2D eigenvalue weighted by Gasteiger charge is -2.11. The van der Waals surface area contributed by atoms with Crippen LogP contribution in [0.25, 0.3) is 6.08 Å². The van der Waals surface area contributed by atoms with Crippen molar-refractivity contribution < 1.29 is 22.7 Å². The van der Waals surface area contributed by atoms with Crippen molar-refractivity contribution in [2.75, 3.05) is 12.4 Å². The van der Waals surface area contributed by atoms with Crippen molar-refractivity contribution in [3.63, 3.8) is 0 Å². The Bertz CT molecular complexity index is 953. The van der Waals surface area contributed by atoms with Gasteiger partial charge in [-0.05, 0) is 42.5 Å². The van der Waals surface area contributed by atoms with Crippen molar-refractivity contribution in [1.29, 1.82) is 5.26 Å². The number of alkyl halides is 3. The van der Waals surface area contributed by atoms with Gasteiger partial charge in [-0.1, -0.05) is 27.5 Å². The Balaban J connectivity index is 2.37. The summed E-state index contributed by atoms with van der Waals surface area (Å²) in [4.78, 5) is 12.4. The van der Waals surface area contributed by atoms with Crippen LogP contribution in [-0.2, 0) is 11.0 Å². The lowest BCUT2D eigenvalue weighted by Crippen LogP contribution is -2.15. The minimum absolute atomic E-state index is 0.0892. The number of rotatable bonds is 4. The lowest BCUT2D eigenvalue weighted by atomic mass is 10.1. The molecule has 0 aliphatic heterocycles. The average molecular weight is 460 g/mol. The molecule has 0 aromatic heterocycles. The molecule has 0 heterocycles. The molecular formula is C18H11BrClF3N2O2. The summed E-state index contributed by atoms with van der Waals surface area (Å²) >= 11 is 9.13. The first-order valence-corrected chi connectivity index (χ1v) is 8.46. The smallest absolute Gasteiger partial charge is 0.416 e. The number of amides is 1. The Morgan fingerprint density at radius 3 is 2.59 bits per heavy atom. The van der Waals surface area contributed by atoms with E-state index in [0.29, 0.717) is 21.9 Å². The number of halogens is 5. The van der Waals surface area contributed by atoms with Gasteiger partial charge in [-0.3, -0.25) is 4.79 Å². The van der Waals surface area contributed by atoms with E-state index < -0.39 is 17.6 Å². The van der Waals surface area contributed by atoms with Crippen LogP contribution in [0.5, 0.6) is 5.75 Å². The molecule has 1 amide bonds. The zero-order valence-corrected chi connectivity index (χ0v) is 16.0. The second kappa shape index (κ2) is 8.46. The molecule has 2 aromatic rings. The van der Waals surface area contributed by atoms with Crippen LogP contribution < -0.4 is 10.1 Å². The Morgan fingerprint density at radius 2 is 2.00 bits per heavy atom. The molecule has 9 heteroatoms. The Kier molecular flexibility index (Phi) is 6.52. The van der Waals surface area contributed by atoms with Gasteiger partial charge in [0.2, 0.25) is 0 Å². The van der Waals surface area contributed by atoms with Crippen molar-refractivity contribution in [3.8, 4) is 11.8 Å². The molecule has 0 saturated heterocycles. The van der Waals surface area contributed by atoms with Gasteiger partial charge in [-0.25, -0.2) is 0 Å². The quantitative estimate of drug-likeness (QED) is 0.473. The Labute approximate surface area is 166 Å². The summed E-state index contributed by atoms with van der Waals surface area (Å²) in [5.74, 6) is -0.489. The zero-order chi connectivity index (χ0) is 20.2. The minimum atomic E-state index is -4.60. The molecule has 2 rings (SSSR count). The number of hydrogen-bond acceptors (Lipinski definition) is 3. The SMILES string of the molecule is COc1ccc(Br)cc1C=C(C#N)C(=O)Nc1cc(C(F)(F)F)ccc1Cl. The highest BCUT2D eigenvalue weighted by atomic mass is 79.9. The highest BCUT2D eigenvalue weighted by molar-refractivity contribution is 9.10. The third-order valence-electron chi connectivity index (χ3n) is 3.40. The fraction of sp³-hybridized carbons (Fsp3) is 0.111. The molecule has 140 valence electrons. The number of carbonyl (C=O) groups is 1. The van der Waals surface area contributed by atoms with Crippen LogP contribution in [0.15, 0.2) is 46.4 Å². The third kappa shape index (κ3) is 5.25. The predicted molar refractivity (Wildman–Crippen MR) is 99.4 cm³/mol. The number of anilines is 1. The Morgan fingerprint density at radius 1 is 1.30 bits per heavy atom. The Hall–Kier alpha value is -2.50. The molecule has 2 aromatic carbocycles. The van der Waals surface area contributed by atoms with E-state index >= 15 is 0 Å². The number of carbonyl (C=O) groups excluding carboxylic acids is 1. The van der Waals surface area contributed by atoms with Crippen molar-refractivity contribution in [3.05, 3.63) is 62.6 Å². The van der Waals surface area contributed by atoms with Gasteiger partial charge in [0.1, 0.15) is 17.4 Å². The predicted octanol–water partition coefficient (Wildman–Crippen LogP) is 5.68. The summed E-state index contributed by atoms with van der Waals surface area (Å²) in [5, 5.41) is 11.4. The van der Waals surface area contributed by atoms with Gasteiger partial charge in [0.25, 0.3) is 5.91 Å². The molecule has 0 unspecified atom stereocenters. The van der Waals surface area contributed by atoms with Crippen molar-refractivity contribution in [2.24, 2.45) is 0 Å². The largest absolute Gasteiger partial charge is 0.496 e. The van der Waals surface area contributed by atoms with Gasteiger partial charge < -0.3 is 10.1 Å². The summed E-state index contributed by atoms with van der Waals surface area (Å²) < 4.78 is 44.3. The maximum atomic E-state index is 12.8. The first kappa shape index (κ1) is 20.8. The summed E-state index contributed by atoms with van der Waals surface area (Å²) in [7, 11) is 1.43. The van der Waals surface area contributed by atoms with E-state index in [-0.39, 0.29) is 16.3 Å². The molecule has 0 saturated carbocycles. The van der Waals surface area contributed by atoms with Crippen LogP contribution in [0.1, 0.15) is 11.1 Å². The average Bonchev–Trinajstić information content (AvgIpc) is 2.60. The van der Waals surface area contributed by atoms with E-state index in [1.54, 1.807) is 24.3 Å². The molecule has 27 heavy (non-hydrogen) atoms. The third-order valence-corrected chi connectivity index (χ3v) is 4.22. The number of nitrogens with zero attached hydrogens (tertiary/aromatic N) is 1. The van der Waals surface area contributed by atoms with E-state index in [2.05, 4.69) is 21.2 Å². The molecule has 0 aliphatic carbocycles. The molecule has 0 aliphatic rings. The minimum Gasteiger partial charge on any atom is -0.496 e. The van der Waals surface area contributed by atoms with E-state index in [1.165, 1.54) is 13.2 Å². The van der Waals surface area contributed by atoms with Crippen LogP contribution in [0.3, 0.4) is 0 Å². The number of nitrogens with one attached hydrogen (secondary N) is 1. The topological polar surface area (TPSA) is 62.1 Å². The number of ether oxygens (including phenoxy) is 1. The molecule has 0 bridgehead atoms. The maximum Gasteiger partial charge on any atom is 0.416 e. The van der Waals surface area contributed by atoms with E-state index in [0.717, 1.165) is 12.1 Å². The number of nitriles is 1. The van der Waals surface area contributed by atoms with Crippen LogP contribution in [-0.4, -0.2) is 13.0 Å². The lowest BCUT2D eigenvalue weighted by molar-refractivity contribution is -0.137.